The molecule has 1 heterocycles. The van der Waals surface area contributed by atoms with Crippen LogP contribution in [-0.2, 0) is 17.8 Å². The van der Waals surface area contributed by atoms with Gasteiger partial charge in [-0.1, -0.05) is 42.5 Å². The molecular formula is C25H33N2O3+. The number of aromatic nitrogens is 1. The standard InChI is InChI=1S/C25H32N2O3/c1-21-9-6-7-10-22(21)17-27-14-8-11-23(27)18-26(15-16-29-2)19-24(28)20-30-25-12-4-3-5-13-25/h3-14,24,28H,15-20H2,1-2H3/p+1/t24-/m0/s1. The number of aliphatic hydroxyl groups is 1. The third kappa shape index (κ3) is 6.73. The van der Waals surface area contributed by atoms with E-state index in [-0.39, 0.29) is 6.61 Å². The Hall–Kier alpha value is -2.60. The Labute approximate surface area is 179 Å². The number of rotatable bonds is 12. The van der Waals surface area contributed by atoms with Gasteiger partial charge in [0.25, 0.3) is 0 Å². The third-order valence-electron chi connectivity index (χ3n) is 5.33. The van der Waals surface area contributed by atoms with E-state index in [2.05, 4.69) is 54.1 Å². The van der Waals surface area contributed by atoms with Gasteiger partial charge in [0.15, 0.2) is 0 Å². The van der Waals surface area contributed by atoms with Crippen LogP contribution >= 0.6 is 0 Å². The van der Waals surface area contributed by atoms with E-state index in [1.54, 1.807) is 7.11 Å². The molecule has 0 aliphatic heterocycles. The smallest absolute Gasteiger partial charge is 0.137 e. The molecule has 1 aromatic heterocycles. The summed E-state index contributed by atoms with van der Waals surface area (Å²) in [6.45, 7) is 6.19. The van der Waals surface area contributed by atoms with E-state index in [4.69, 9.17) is 9.47 Å². The summed E-state index contributed by atoms with van der Waals surface area (Å²) in [6, 6.07) is 22.4. The number of ether oxygens (including phenoxy) is 2. The highest BCUT2D eigenvalue weighted by molar-refractivity contribution is 5.26. The van der Waals surface area contributed by atoms with Crippen LogP contribution in [0.3, 0.4) is 0 Å². The van der Waals surface area contributed by atoms with Gasteiger partial charge in [0, 0.05) is 19.9 Å². The molecule has 1 unspecified atom stereocenters. The Kier molecular flexibility index (Phi) is 8.51. The fourth-order valence-corrected chi connectivity index (χ4v) is 3.60. The normalized spacial score (nSPS) is 13.2. The number of hydrogen-bond donors (Lipinski definition) is 2. The average molecular weight is 410 g/mol. The van der Waals surface area contributed by atoms with Gasteiger partial charge in [0.1, 0.15) is 38.1 Å². The lowest BCUT2D eigenvalue weighted by Crippen LogP contribution is -3.12. The van der Waals surface area contributed by atoms with E-state index in [0.29, 0.717) is 13.2 Å². The van der Waals surface area contributed by atoms with E-state index in [1.807, 2.05) is 30.3 Å². The second kappa shape index (κ2) is 11.6. The van der Waals surface area contributed by atoms with Crippen LogP contribution in [0.2, 0.25) is 0 Å². The highest BCUT2D eigenvalue weighted by atomic mass is 16.5. The molecule has 3 rings (SSSR count). The summed E-state index contributed by atoms with van der Waals surface area (Å²) in [6.07, 6.45) is 1.59. The molecule has 5 heteroatoms. The second-order valence-electron chi connectivity index (χ2n) is 7.71. The predicted octanol–water partition coefficient (Wildman–Crippen LogP) is 2.32. The lowest BCUT2D eigenvalue weighted by Gasteiger charge is -2.23. The molecule has 0 radical (unpaired) electrons. The number of aryl methyl sites for hydroxylation is 1. The van der Waals surface area contributed by atoms with Crippen LogP contribution in [0.15, 0.2) is 72.9 Å². The highest BCUT2D eigenvalue weighted by Crippen LogP contribution is 2.12. The monoisotopic (exact) mass is 409 g/mol. The number of quaternary nitrogens is 1. The van der Waals surface area contributed by atoms with Gasteiger partial charge in [-0.05, 0) is 42.3 Å². The minimum atomic E-state index is -0.545. The molecule has 0 aliphatic rings. The van der Waals surface area contributed by atoms with Crippen molar-refractivity contribution in [3.05, 3.63) is 89.7 Å². The van der Waals surface area contributed by atoms with Crippen molar-refractivity contribution < 1.29 is 19.5 Å². The van der Waals surface area contributed by atoms with Crippen molar-refractivity contribution in [2.75, 3.05) is 33.4 Å². The molecular weight excluding hydrogens is 376 g/mol. The summed E-state index contributed by atoms with van der Waals surface area (Å²) < 4.78 is 13.3. The van der Waals surface area contributed by atoms with Crippen LogP contribution in [0.1, 0.15) is 16.8 Å². The quantitative estimate of drug-likeness (QED) is 0.483. The first-order valence-electron chi connectivity index (χ1n) is 10.5. The van der Waals surface area contributed by atoms with Crippen LogP contribution < -0.4 is 9.64 Å². The van der Waals surface area contributed by atoms with Gasteiger partial charge < -0.3 is 24.0 Å². The summed E-state index contributed by atoms with van der Waals surface area (Å²) in [5, 5.41) is 10.6. The lowest BCUT2D eigenvalue weighted by atomic mass is 10.1. The summed E-state index contributed by atoms with van der Waals surface area (Å²) in [4.78, 5) is 1.27. The van der Waals surface area contributed by atoms with Crippen molar-refractivity contribution in [1.29, 1.82) is 0 Å². The van der Waals surface area contributed by atoms with Crippen molar-refractivity contribution in [2.45, 2.75) is 26.1 Å². The van der Waals surface area contributed by atoms with Crippen LogP contribution in [0, 0.1) is 6.92 Å². The Morgan fingerprint density at radius 1 is 1.00 bits per heavy atom. The van der Waals surface area contributed by atoms with Crippen molar-refractivity contribution in [3.8, 4) is 5.75 Å². The maximum absolute atomic E-state index is 10.6. The fourth-order valence-electron chi connectivity index (χ4n) is 3.60. The molecule has 0 amide bonds. The number of nitrogens with one attached hydrogen (secondary N) is 1. The van der Waals surface area contributed by atoms with E-state index in [1.165, 1.54) is 21.7 Å². The average Bonchev–Trinajstić information content (AvgIpc) is 3.19. The molecule has 2 atom stereocenters. The molecule has 0 fully saturated rings. The molecule has 0 saturated heterocycles. The third-order valence-corrected chi connectivity index (χ3v) is 5.33. The molecule has 2 N–H and O–H groups in total. The number of aliphatic hydroxyl groups excluding tert-OH is 1. The molecule has 0 spiro atoms. The molecule has 3 aromatic rings. The van der Waals surface area contributed by atoms with Gasteiger partial charge in [-0.3, -0.25) is 0 Å². The van der Waals surface area contributed by atoms with Gasteiger partial charge in [0.2, 0.25) is 0 Å². The summed E-state index contributed by atoms with van der Waals surface area (Å²) in [7, 11) is 1.72. The van der Waals surface area contributed by atoms with Crippen LogP contribution in [0.4, 0.5) is 0 Å². The summed E-state index contributed by atoms with van der Waals surface area (Å²) >= 11 is 0. The summed E-state index contributed by atoms with van der Waals surface area (Å²) in [5.41, 5.74) is 3.87. The van der Waals surface area contributed by atoms with Crippen LogP contribution in [0.5, 0.6) is 5.75 Å². The first kappa shape index (κ1) is 22.1. The number of benzene rings is 2. The molecule has 5 nitrogen and oxygen atoms in total. The Balaban J connectivity index is 1.60. The van der Waals surface area contributed by atoms with Crippen LogP contribution in [-0.4, -0.2) is 49.2 Å². The highest BCUT2D eigenvalue weighted by Gasteiger charge is 2.18. The SMILES string of the molecule is COCC[NH+](Cc1cccn1Cc1ccccc1C)C[C@H](O)COc1ccccc1. The Bertz CT molecular complexity index is 879. The van der Waals surface area contributed by atoms with Crippen molar-refractivity contribution in [3.63, 3.8) is 0 Å². The zero-order chi connectivity index (χ0) is 21.2. The molecule has 160 valence electrons. The first-order chi connectivity index (χ1) is 14.7. The van der Waals surface area contributed by atoms with Gasteiger partial charge in [-0.15, -0.1) is 0 Å². The topological polar surface area (TPSA) is 48.1 Å². The van der Waals surface area contributed by atoms with E-state index >= 15 is 0 Å². The fraction of sp³-hybridized carbons (Fsp3) is 0.360. The number of nitrogens with zero attached hydrogens (tertiary/aromatic N) is 1. The van der Waals surface area contributed by atoms with Gasteiger partial charge >= 0.3 is 0 Å². The number of para-hydroxylation sites is 1. The minimum Gasteiger partial charge on any atom is -0.491 e. The maximum Gasteiger partial charge on any atom is 0.137 e. The second-order valence-corrected chi connectivity index (χ2v) is 7.71. The van der Waals surface area contributed by atoms with Gasteiger partial charge in [-0.2, -0.15) is 0 Å². The van der Waals surface area contributed by atoms with Crippen molar-refractivity contribution in [1.82, 2.24) is 4.57 Å². The predicted molar refractivity (Wildman–Crippen MR) is 119 cm³/mol. The number of methoxy groups -OCH3 is 1. The van der Waals surface area contributed by atoms with Crippen molar-refractivity contribution >= 4 is 0 Å². The lowest BCUT2D eigenvalue weighted by molar-refractivity contribution is -0.917. The molecule has 0 bridgehead atoms. The molecule has 30 heavy (non-hydrogen) atoms. The van der Waals surface area contributed by atoms with Crippen LogP contribution in [0.25, 0.3) is 0 Å². The molecule has 0 aliphatic carbocycles. The largest absolute Gasteiger partial charge is 0.491 e. The van der Waals surface area contributed by atoms with Gasteiger partial charge in [-0.25, -0.2) is 0 Å². The van der Waals surface area contributed by atoms with Gasteiger partial charge in [0.05, 0.1) is 12.3 Å². The maximum atomic E-state index is 10.6. The minimum absolute atomic E-state index is 0.282. The van der Waals surface area contributed by atoms with E-state index in [9.17, 15) is 5.11 Å². The van der Waals surface area contributed by atoms with Crippen molar-refractivity contribution in [2.24, 2.45) is 0 Å². The number of hydrogen-bond acceptors (Lipinski definition) is 3. The summed E-state index contributed by atoms with van der Waals surface area (Å²) in [5.74, 6) is 0.780. The zero-order valence-electron chi connectivity index (χ0n) is 18.0. The van der Waals surface area contributed by atoms with E-state index in [0.717, 1.165) is 25.4 Å². The first-order valence-corrected chi connectivity index (χ1v) is 10.5. The molecule has 0 saturated carbocycles. The Morgan fingerprint density at radius 3 is 2.53 bits per heavy atom. The Morgan fingerprint density at radius 2 is 1.77 bits per heavy atom. The molecule has 2 aromatic carbocycles. The zero-order valence-corrected chi connectivity index (χ0v) is 18.0. The van der Waals surface area contributed by atoms with E-state index < -0.39 is 6.10 Å².